The zero-order chi connectivity index (χ0) is 13.5. The predicted octanol–water partition coefficient (Wildman–Crippen LogP) is 3.02. The summed E-state index contributed by atoms with van der Waals surface area (Å²) >= 11 is 0. The molecule has 4 nitrogen and oxygen atoms in total. The van der Waals surface area contributed by atoms with Crippen LogP contribution < -0.4 is 5.73 Å². The lowest BCUT2D eigenvalue weighted by atomic mass is 10.1. The van der Waals surface area contributed by atoms with Crippen LogP contribution in [0.15, 0.2) is 30.3 Å². The fourth-order valence-corrected chi connectivity index (χ4v) is 1.54. The van der Waals surface area contributed by atoms with Crippen molar-refractivity contribution in [1.82, 2.24) is 10.2 Å². The van der Waals surface area contributed by atoms with E-state index in [4.69, 9.17) is 5.73 Å². The first kappa shape index (κ1) is 14.0. The number of para-hydroxylation sites is 1. The Bertz CT molecular complexity index is 512. The Labute approximate surface area is 107 Å². The molecular formula is C14H19N3O. The van der Waals surface area contributed by atoms with Crippen LogP contribution in [0.4, 0.5) is 5.82 Å². The minimum absolute atomic E-state index is 0.198. The van der Waals surface area contributed by atoms with Gasteiger partial charge >= 0.3 is 0 Å². The van der Waals surface area contributed by atoms with Crippen molar-refractivity contribution in [3.63, 3.8) is 0 Å². The molecule has 0 saturated carbocycles. The molecule has 0 atom stereocenters. The van der Waals surface area contributed by atoms with Gasteiger partial charge in [-0.25, -0.2) is 0 Å². The Morgan fingerprint density at radius 3 is 2.44 bits per heavy atom. The third-order valence-electron chi connectivity index (χ3n) is 2.47. The van der Waals surface area contributed by atoms with Crippen molar-refractivity contribution in [3.8, 4) is 17.0 Å². The lowest BCUT2D eigenvalue weighted by Crippen LogP contribution is -2.00. The number of aryl methyl sites for hydroxylation is 1. The lowest BCUT2D eigenvalue weighted by molar-refractivity contribution is 0.477. The van der Waals surface area contributed by atoms with E-state index in [1.54, 1.807) is 18.2 Å². The van der Waals surface area contributed by atoms with E-state index in [1.807, 2.05) is 32.9 Å². The summed E-state index contributed by atoms with van der Waals surface area (Å²) in [5.41, 5.74) is 7.93. The third kappa shape index (κ3) is 2.97. The third-order valence-corrected chi connectivity index (χ3v) is 2.47. The van der Waals surface area contributed by atoms with E-state index < -0.39 is 0 Å². The molecule has 4 heteroatoms. The normalized spacial score (nSPS) is 9.50. The maximum atomic E-state index is 9.70. The van der Waals surface area contributed by atoms with Crippen molar-refractivity contribution >= 4 is 5.82 Å². The molecule has 0 fully saturated rings. The van der Waals surface area contributed by atoms with Crippen LogP contribution in [0.3, 0.4) is 0 Å². The summed E-state index contributed by atoms with van der Waals surface area (Å²) in [6.45, 7) is 6.00. The summed E-state index contributed by atoms with van der Waals surface area (Å²) in [6.07, 6.45) is 0.794. The Morgan fingerprint density at radius 2 is 1.83 bits per heavy atom. The van der Waals surface area contributed by atoms with Crippen LogP contribution in [0.5, 0.6) is 5.75 Å². The van der Waals surface area contributed by atoms with Gasteiger partial charge in [0.05, 0.1) is 5.69 Å². The minimum atomic E-state index is 0.198. The molecule has 0 bridgehead atoms. The number of rotatable bonds is 2. The largest absolute Gasteiger partial charge is 0.507 e. The van der Waals surface area contributed by atoms with Gasteiger partial charge in [0.15, 0.2) is 0 Å². The van der Waals surface area contributed by atoms with Gasteiger partial charge in [0.25, 0.3) is 0 Å². The number of anilines is 1. The van der Waals surface area contributed by atoms with Crippen LogP contribution in [0, 0.1) is 0 Å². The second-order valence-electron chi connectivity index (χ2n) is 3.51. The highest BCUT2D eigenvalue weighted by Crippen LogP contribution is 2.27. The number of aromatic hydroxyl groups is 1. The molecular weight excluding hydrogens is 226 g/mol. The maximum Gasteiger partial charge on any atom is 0.149 e. The smallest absolute Gasteiger partial charge is 0.149 e. The molecule has 3 N–H and O–H groups in total. The monoisotopic (exact) mass is 245 g/mol. The number of nitrogens with zero attached hydrogens (tertiary/aromatic N) is 2. The predicted molar refractivity (Wildman–Crippen MR) is 74.3 cm³/mol. The molecule has 1 heterocycles. The Balaban J connectivity index is 0.000000771. The molecule has 0 spiro atoms. The molecule has 0 aliphatic heterocycles. The SMILES string of the molecule is CC.CCc1cc(-c2ccccc2O)nnc1N. The molecule has 1 aromatic heterocycles. The van der Waals surface area contributed by atoms with Crippen LogP contribution >= 0.6 is 0 Å². The fourth-order valence-electron chi connectivity index (χ4n) is 1.54. The van der Waals surface area contributed by atoms with Gasteiger partial charge in [-0.15, -0.1) is 10.2 Å². The molecule has 0 aliphatic carbocycles. The van der Waals surface area contributed by atoms with E-state index in [0.29, 0.717) is 17.1 Å². The van der Waals surface area contributed by atoms with Crippen molar-refractivity contribution < 1.29 is 5.11 Å². The molecule has 0 unspecified atom stereocenters. The van der Waals surface area contributed by atoms with Gasteiger partial charge in [0.1, 0.15) is 11.6 Å². The van der Waals surface area contributed by atoms with Crippen LogP contribution in [0.2, 0.25) is 0 Å². The average Bonchev–Trinajstić information content (AvgIpc) is 2.42. The van der Waals surface area contributed by atoms with Gasteiger partial charge in [-0.2, -0.15) is 0 Å². The molecule has 0 radical (unpaired) electrons. The molecule has 0 amide bonds. The van der Waals surface area contributed by atoms with Crippen molar-refractivity contribution in [2.45, 2.75) is 27.2 Å². The Kier molecular flexibility index (Phi) is 5.11. The topological polar surface area (TPSA) is 72.0 Å². The van der Waals surface area contributed by atoms with Gasteiger partial charge in [-0.1, -0.05) is 32.9 Å². The summed E-state index contributed by atoms with van der Waals surface area (Å²) in [6, 6.07) is 8.90. The van der Waals surface area contributed by atoms with Crippen LogP contribution in [0.25, 0.3) is 11.3 Å². The minimum Gasteiger partial charge on any atom is -0.507 e. The zero-order valence-corrected chi connectivity index (χ0v) is 11.0. The van der Waals surface area contributed by atoms with Gasteiger partial charge in [0.2, 0.25) is 0 Å². The quantitative estimate of drug-likeness (QED) is 0.853. The summed E-state index contributed by atoms with van der Waals surface area (Å²) in [7, 11) is 0. The molecule has 2 aromatic rings. The highest BCUT2D eigenvalue weighted by Gasteiger charge is 2.08. The number of aromatic nitrogens is 2. The van der Waals surface area contributed by atoms with Crippen LogP contribution in [-0.4, -0.2) is 15.3 Å². The van der Waals surface area contributed by atoms with Gasteiger partial charge in [-0.05, 0) is 30.2 Å². The van der Waals surface area contributed by atoms with Crippen molar-refractivity contribution in [3.05, 3.63) is 35.9 Å². The second-order valence-corrected chi connectivity index (χ2v) is 3.51. The summed E-state index contributed by atoms with van der Waals surface area (Å²) in [5.74, 6) is 0.644. The zero-order valence-electron chi connectivity index (χ0n) is 11.0. The number of phenolic OH excluding ortho intramolecular Hbond substituents is 1. The number of hydrogen-bond donors (Lipinski definition) is 2. The highest BCUT2D eigenvalue weighted by atomic mass is 16.3. The Hall–Kier alpha value is -2.10. The number of benzene rings is 1. The highest BCUT2D eigenvalue weighted by molar-refractivity contribution is 5.67. The van der Waals surface area contributed by atoms with E-state index in [2.05, 4.69) is 10.2 Å². The molecule has 18 heavy (non-hydrogen) atoms. The summed E-state index contributed by atoms with van der Waals surface area (Å²) in [4.78, 5) is 0. The van der Waals surface area contributed by atoms with Crippen molar-refractivity contribution in [1.29, 1.82) is 0 Å². The summed E-state index contributed by atoms with van der Waals surface area (Å²) in [5, 5.41) is 17.6. The maximum absolute atomic E-state index is 9.70. The first-order valence-electron chi connectivity index (χ1n) is 6.12. The van der Waals surface area contributed by atoms with E-state index in [1.165, 1.54) is 0 Å². The van der Waals surface area contributed by atoms with Crippen molar-refractivity contribution in [2.75, 3.05) is 5.73 Å². The standard InChI is InChI=1S/C12H13N3O.C2H6/c1-2-8-7-10(14-15-12(8)13)9-5-3-4-6-11(9)16;1-2/h3-7,16H,2H2,1H3,(H2,13,15);1-2H3. The first-order valence-corrected chi connectivity index (χ1v) is 6.12. The number of nitrogens with two attached hydrogens (primary N) is 1. The molecule has 0 aliphatic rings. The van der Waals surface area contributed by atoms with E-state index in [9.17, 15) is 5.11 Å². The summed E-state index contributed by atoms with van der Waals surface area (Å²) < 4.78 is 0. The van der Waals surface area contributed by atoms with E-state index in [-0.39, 0.29) is 5.75 Å². The van der Waals surface area contributed by atoms with Crippen molar-refractivity contribution in [2.24, 2.45) is 0 Å². The van der Waals surface area contributed by atoms with E-state index in [0.717, 1.165) is 12.0 Å². The molecule has 96 valence electrons. The number of hydrogen-bond acceptors (Lipinski definition) is 4. The van der Waals surface area contributed by atoms with Gasteiger partial charge in [0, 0.05) is 5.56 Å². The first-order chi connectivity index (χ1) is 8.72. The Morgan fingerprint density at radius 1 is 1.17 bits per heavy atom. The molecule has 0 saturated heterocycles. The number of phenols is 1. The van der Waals surface area contributed by atoms with Crippen LogP contribution in [-0.2, 0) is 6.42 Å². The lowest BCUT2D eigenvalue weighted by Gasteiger charge is -2.06. The fraction of sp³-hybridized carbons (Fsp3) is 0.286. The average molecular weight is 245 g/mol. The second kappa shape index (κ2) is 6.59. The van der Waals surface area contributed by atoms with Gasteiger partial charge in [-0.3, -0.25) is 0 Å². The van der Waals surface area contributed by atoms with Crippen LogP contribution in [0.1, 0.15) is 26.3 Å². The molecule has 1 aromatic carbocycles. The van der Waals surface area contributed by atoms with Gasteiger partial charge < -0.3 is 10.8 Å². The molecule has 2 rings (SSSR count). The van der Waals surface area contributed by atoms with E-state index >= 15 is 0 Å². The number of nitrogen functional groups attached to an aromatic ring is 1.